The Bertz CT molecular complexity index is 513. The van der Waals surface area contributed by atoms with Crippen LogP contribution in [-0.4, -0.2) is 39.9 Å². The topological polar surface area (TPSA) is 158 Å². The van der Waals surface area contributed by atoms with E-state index in [1.54, 1.807) is 0 Å². The van der Waals surface area contributed by atoms with Crippen LogP contribution in [-0.2, 0) is 4.79 Å². The van der Waals surface area contributed by atoms with E-state index in [4.69, 9.17) is 17.2 Å². The summed E-state index contributed by atoms with van der Waals surface area (Å²) in [4.78, 5) is 31.0. The number of pyridine rings is 1. The first kappa shape index (κ1) is 15.6. The molecule has 0 radical (unpaired) electrons. The van der Waals surface area contributed by atoms with Gasteiger partial charge in [0.1, 0.15) is 0 Å². The zero-order valence-electron chi connectivity index (χ0n) is 10.8. The Morgan fingerprint density at radius 1 is 1.40 bits per heavy atom. The van der Waals surface area contributed by atoms with Gasteiger partial charge in [-0.25, -0.2) is 4.79 Å². The van der Waals surface area contributed by atoms with Crippen molar-refractivity contribution in [1.29, 1.82) is 0 Å². The van der Waals surface area contributed by atoms with Crippen LogP contribution in [0.4, 0.5) is 0 Å². The molecule has 1 rings (SSSR count). The molecule has 20 heavy (non-hydrogen) atoms. The molecule has 0 saturated heterocycles. The quantitative estimate of drug-likeness (QED) is 0.165. The fourth-order valence-corrected chi connectivity index (χ4v) is 1.64. The fraction of sp³-hybridized carbons (Fsp3) is 0.333. The first-order valence-corrected chi connectivity index (χ1v) is 5.90. The largest absolute Gasteiger partial charge is 0.480 e. The van der Waals surface area contributed by atoms with Gasteiger partial charge in [0.2, 0.25) is 0 Å². The number of nitrogens with zero attached hydrogens (tertiary/aromatic N) is 2. The molecule has 0 saturated carbocycles. The van der Waals surface area contributed by atoms with Crippen molar-refractivity contribution in [3.05, 3.63) is 30.1 Å². The highest BCUT2D eigenvalue weighted by Crippen LogP contribution is 2.17. The van der Waals surface area contributed by atoms with Crippen LogP contribution in [0.1, 0.15) is 23.2 Å². The molecule has 1 atom stereocenters. The van der Waals surface area contributed by atoms with Gasteiger partial charge in [-0.1, -0.05) is 0 Å². The van der Waals surface area contributed by atoms with Crippen LogP contribution in [0.3, 0.4) is 0 Å². The van der Waals surface area contributed by atoms with Crippen molar-refractivity contribution in [2.45, 2.75) is 18.4 Å². The Morgan fingerprint density at radius 3 is 2.60 bits per heavy atom. The SMILES string of the molecule is NC(N)=NCCC[C@](N)(C(=O)O)C(=O)c1cccnc1. The highest BCUT2D eigenvalue weighted by molar-refractivity contribution is 6.15. The lowest BCUT2D eigenvalue weighted by Crippen LogP contribution is -2.55. The molecular weight excluding hydrogens is 262 g/mol. The number of aliphatic carboxylic acids is 1. The molecule has 1 aromatic rings. The summed E-state index contributed by atoms with van der Waals surface area (Å²) >= 11 is 0. The van der Waals surface area contributed by atoms with Gasteiger partial charge in [0.05, 0.1) is 0 Å². The molecule has 1 aromatic heterocycles. The lowest BCUT2D eigenvalue weighted by molar-refractivity contribution is -0.141. The van der Waals surface area contributed by atoms with Gasteiger partial charge >= 0.3 is 5.97 Å². The van der Waals surface area contributed by atoms with Crippen molar-refractivity contribution < 1.29 is 14.7 Å². The van der Waals surface area contributed by atoms with E-state index in [1.165, 1.54) is 24.5 Å². The number of carbonyl (C=O) groups is 2. The molecule has 8 nitrogen and oxygen atoms in total. The molecule has 0 spiro atoms. The Morgan fingerprint density at radius 2 is 2.10 bits per heavy atom. The van der Waals surface area contributed by atoms with Crippen LogP contribution in [0.25, 0.3) is 0 Å². The number of hydrogen-bond donors (Lipinski definition) is 4. The highest BCUT2D eigenvalue weighted by atomic mass is 16.4. The summed E-state index contributed by atoms with van der Waals surface area (Å²) in [5, 5.41) is 9.22. The highest BCUT2D eigenvalue weighted by Gasteiger charge is 2.42. The summed E-state index contributed by atoms with van der Waals surface area (Å²) < 4.78 is 0. The monoisotopic (exact) mass is 279 g/mol. The molecule has 7 N–H and O–H groups in total. The number of Topliss-reactive ketones (excluding diaryl/α,β-unsaturated/α-hetero) is 1. The molecule has 0 aliphatic heterocycles. The molecular formula is C12H17N5O3. The van der Waals surface area contributed by atoms with Gasteiger partial charge < -0.3 is 22.3 Å². The van der Waals surface area contributed by atoms with E-state index in [1.807, 2.05) is 0 Å². The van der Waals surface area contributed by atoms with Crippen LogP contribution < -0.4 is 17.2 Å². The average molecular weight is 279 g/mol. The number of nitrogens with two attached hydrogens (primary N) is 3. The summed E-state index contributed by atoms with van der Waals surface area (Å²) in [6, 6.07) is 3.00. The fourth-order valence-electron chi connectivity index (χ4n) is 1.64. The van der Waals surface area contributed by atoms with Crippen LogP contribution in [0.2, 0.25) is 0 Å². The molecule has 0 amide bonds. The van der Waals surface area contributed by atoms with Crippen LogP contribution in [0, 0.1) is 0 Å². The number of aromatic nitrogens is 1. The normalized spacial score (nSPS) is 13.2. The second-order valence-corrected chi connectivity index (χ2v) is 4.26. The maximum atomic E-state index is 12.2. The summed E-state index contributed by atoms with van der Waals surface area (Å²) in [7, 11) is 0. The number of aliphatic imine (C=N–C) groups is 1. The van der Waals surface area contributed by atoms with E-state index >= 15 is 0 Å². The van der Waals surface area contributed by atoms with Gasteiger partial charge in [-0.15, -0.1) is 0 Å². The summed E-state index contributed by atoms with van der Waals surface area (Å²) in [6.07, 6.45) is 2.96. The maximum Gasteiger partial charge on any atom is 0.331 e. The van der Waals surface area contributed by atoms with Crippen molar-refractivity contribution in [3.8, 4) is 0 Å². The first-order valence-electron chi connectivity index (χ1n) is 5.90. The molecule has 0 bridgehead atoms. The smallest absolute Gasteiger partial charge is 0.331 e. The third kappa shape index (κ3) is 3.75. The zero-order valence-corrected chi connectivity index (χ0v) is 10.8. The van der Waals surface area contributed by atoms with Gasteiger partial charge in [0.25, 0.3) is 0 Å². The van der Waals surface area contributed by atoms with Crippen LogP contribution >= 0.6 is 0 Å². The van der Waals surface area contributed by atoms with E-state index in [0.717, 1.165) is 0 Å². The minimum atomic E-state index is -2.01. The van der Waals surface area contributed by atoms with E-state index in [9.17, 15) is 14.7 Å². The molecule has 0 unspecified atom stereocenters. The summed E-state index contributed by atoms with van der Waals surface area (Å²) in [6.45, 7) is 0.203. The predicted molar refractivity (Wildman–Crippen MR) is 73.0 cm³/mol. The minimum absolute atomic E-state index is 0.0765. The third-order valence-electron chi connectivity index (χ3n) is 2.73. The Labute approximate surface area is 115 Å². The number of rotatable bonds is 7. The average Bonchev–Trinajstić information content (AvgIpc) is 2.43. The van der Waals surface area contributed by atoms with Crippen molar-refractivity contribution in [1.82, 2.24) is 4.98 Å². The molecule has 0 fully saturated rings. The molecule has 108 valence electrons. The summed E-state index contributed by atoms with van der Waals surface area (Å²) in [5.41, 5.74) is 14.2. The lowest BCUT2D eigenvalue weighted by atomic mass is 9.86. The Balaban J connectivity index is 2.84. The van der Waals surface area contributed by atoms with E-state index in [-0.39, 0.29) is 30.9 Å². The van der Waals surface area contributed by atoms with Crippen molar-refractivity contribution in [2.24, 2.45) is 22.2 Å². The molecule has 0 aliphatic carbocycles. The van der Waals surface area contributed by atoms with Gasteiger partial charge in [-0.2, -0.15) is 0 Å². The summed E-state index contributed by atoms with van der Waals surface area (Å²) in [5.74, 6) is -2.18. The number of ketones is 1. The second-order valence-electron chi connectivity index (χ2n) is 4.26. The second kappa shape index (κ2) is 6.62. The zero-order chi connectivity index (χ0) is 15.2. The standard InChI is InChI=1S/C12H17N5O3/c13-11(14)17-6-2-4-12(15,10(19)20)9(18)8-3-1-5-16-7-8/h1,3,5,7H,2,4,6,15H2,(H,19,20)(H4,13,14,17)/t12-/m1/s1. The Hall–Kier alpha value is -2.48. The maximum absolute atomic E-state index is 12.2. The Kier molecular flexibility index (Phi) is 5.15. The van der Waals surface area contributed by atoms with E-state index in [0.29, 0.717) is 0 Å². The van der Waals surface area contributed by atoms with Gasteiger partial charge in [0.15, 0.2) is 17.3 Å². The van der Waals surface area contributed by atoms with Gasteiger partial charge in [-0.3, -0.25) is 14.8 Å². The number of carboxylic acids is 1. The minimum Gasteiger partial charge on any atom is -0.480 e. The third-order valence-corrected chi connectivity index (χ3v) is 2.73. The molecule has 0 aromatic carbocycles. The number of guanidine groups is 1. The van der Waals surface area contributed by atoms with Crippen molar-refractivity contribution >= 4 is 17.7 Å². The molecule has 0 aliphatic rings. The van der Waals surface area contributed by atoms with Crippen LogP contribution in [0.15, 0.2) is 29.5 Å². The van der Waals surface area contributed by atoms with Gasteiger partial charge in [0, 0.05) is 24.5 Å². The van der Waals surface area contributed by atoms with Crippen molar-refractivity contribution in [3.63, 3.8) is 0 Å². The number of hydrogen-bond acceptors (Lipinski definition) is 5. The van der Waals surface area contributed by atoms with E-state index in [2.05, 4.69) is 9.98 Å². The number of carbonyl (C=O) groups excluding carboxylic acids is 1. The molecule has 1 heterocycles. The van der Waals surface area contributed by atoms with Crippen molar-refractivity contribution in [2.75, 3.05) is 6.54 Å². The van der Waals surface area contributed by atoms with E-state index < -0.39 is 17.3 Å². The lowest BCUT2D eigenvalue weighted by Gasteiger charge is -2.22. The molecule has 8 heteroatoms. The van der Waals surface area contributed by atoms with Gasteiger partial charge in [-0.05, 0) is 25.0 Å². The predicted octanol–water partition coefficient (Wildman–Crippen LogP) is -0.900. The number of carboxylic acid groups (broad SMARTS) is 1. The van der Waals surface area contributed by atoms with Crippen LogP contribution in [0.5, 0.6) is 0 Å². The first-order chi connectivity index (χ1) is 9.38.